The van der Waals surface area contributed by atoms with Gasteiger partial charge in [-0.3, -0.25) is 0 Å². The first-order chi connectivity index (χ1) is 17.4. The van der Waals surface area contributed by atoms with Gasteiger partial charge in [0.2, 0.25) is 0 Å². The molecule has 2 nitrogen and oxygen atoms in total. The van der Waals surface area contributed by atoms with E-state index in [1.165, 1.54) is 9.46 Å². The summed E-state index contributed by atoms with van der Waals surface area (Å²) in [6, 6.07) is 28.7. The third-order valence-corrected chi connectivity index (χ3v) is 7.81. The van der Waals surface area contributed by atoms with E-state index in [-0.39, 0.29) is 10.8 Å². The zero-order chi connectivity index (χ0) is 27.0. The number of aromatic hydroxyl groups is 2. The van der Waals surface area contributed by atoms with Crippen molar-refractivity contribution in [2.24, 2.45) is 0 Å². The molecule has 2 N–H and O–H groups in total. The van der Waals surface area contributed by atoms with E-state index in [1.807, 2.05) is 48.5 Å². The van der Waals surface area contributed by atoms with Crippen LogP contribution in [0.1, 0.15) is 63.8 Å². The van der Waals surface area contributed by atoms with E-state index in [0.717, 1.165) is 38.9 Å². The van der Waals surface area contributed by atoms with Gasteiger partial charge in [-0.2, -0.15) is 0 Å². The van der Waals surface area contributed by atoms with Crippen LogP contribution in [-0.4, -0.2) is 14.1 Å². The summed E-state index contributed by atoms with van der Waals surface area (Å²) in [4.78, 5) is 0. The molecule has 37 heavy (non-hydrogen) atoms. The standard InChI is InChI=1S/C34H36O2.Mo/c1-33(2,3)29-19-11-17-27(31(29)35)24-15-10-16-25(26(24)22-21-23-13-8-7-9-14-23)28-18-12-20-30(32(28)36)34(4,5)6;/h7-20,35-36H,22H2,1-6H3;. The van der Waals surface area contributed by atoms with Crippen LogP contribution in [-0.2, 0) is 36.6 Å². The van der Waals surface area contributed by atoms with Crippen LogP contribution in [0.4, 0.5) is 0 Å². The fraction of sp³-hybridized carbons (Fsp3) is 0.265. The Morgan fingerprint density at radius 1 is 0.568 bits per heavy atom. The molecule has 4 rings (SSSR count). The minimum absolute atomic E-state index is 0.191. The van der Waals surface area contributed by atoms with Gasteiger partial charge in [-0.25, -0.2) is 0 Å². The molecule has 3 heteroatoms. The van der Waals surface area contributed by atoms with Crippen LogP contribution >= 0.6 is 0 Å². The van der Waals surface area contributed by atoms with Crippen LogP contribution in [0.2, 0.25) is 0 Å². The Morgan fingerprint density at radius 3 is 1.41 bits per heavy atom. The normalized spacial score (nSPS) is 11.9. The van der Waals surface area contributed by atoms with Gasteiger partial charge in [-0.05, 0) is 0 Å². The molecule has 0 spiro atoms. The van der Waals surface area contributed by atoms with E-state index in [1.54, 1.807) is 0 Å². The Bertz CT molecular complexity index is 1360. The fourth-order valence-corrected chi connectivity index (χ4v) is 5.59. The van der Waals surface area contributed by atoms with E-state index in [4.69, 9.17) is 0 Å². The molecule has 190 valence electrons. The average molecular weight is 573 g/mol. The molecule has 0 fully saturated rings. The number of phenolic OH excluding ortho intramolecular Hbond substituents is 2. The van der Waals surface area contributed by atoms with E-state index >= 15 is 0 Å². The first-order valence-corrected chi connectivity index (χ1v) is 13.8. The number of para-hydroxylation sites is 2. The second kappa shape index (κ2) is 10.4. The summed E-state index contributed by atoms with van der Waals surface area (Å²) in [5, 5.41) is 22.9. The van der Waals surface area contributed by atoms with Crippen molar-refractivity contribution < 1.29 is 29.6 Å². The average Bonchev–Trinajstić information content (AvgIpc) is 2.84. The molecule has 0 aliphatic carbocycles. The zero-order valence-electron chi connectivity index (χ0n) is 22.6. The quantitative estimate of drug-likeness (QED) is 0.236. The molecule has 0 aromatic heterocycles. The molecule has 0 saturated heterocycles. The van der Waals surface area contributed by atoms with Gasteiger partial charge < -0.3 is 0 Å². The predicted molar refractivity (Wildman–Crippen MR) is 152 cm³/mol. The Labute approximate surface area is 232 Å². The fourth-order valence-electron chi connectivity index (χ4n) is 4.90. The maximum absolute atomic E-state index is 11.5. The van der Waals surface area contributed by atoms with E-state index in [2.05, 4.69) is 97.3 Å². The van der Waals surface area contributed by atoms with Gasteiger partial charge in [-0.15, -0.1) is 0 Å². The van der Waals surface area contributed by atoms with Gasteiger partial charge in [-0.1, -0.05) is 0 Å². The molecule has 0 aliphatic rings. The zero-order valence-corrected chi connectivity index (χ0v) is 24.6. The molecule has 4 aromatic rings. The van der Waals surface area contributed by atoms with Crippen molar-refractivity contribution in [2.75, 3.05) is 0 Å². The number of phenols is 2. The third-order valence-electron chi connectivity index (χ3n) is 6.88. The first kappa shape index (κ1) is 27.1. The van der Waals surface area contributed by atoms with E-state index < -0.39 is 0 Å². The summed E-state index contributed by atoms with van der Waals surface area (Å²) in [5.41, 5.74) is 7.34. The molecule has 0 heterocycles. The van der Waals surface area contributed by atoms with Gasteiger partial charge in [0, 0.05) is 0 Å². The molecule has 0 aliphatic heterocycles. The molecular weight excluding hydrogens is 536 g/mol. The van der Waals surface area contributed by atoms with Crippen LogP contribution in [0.25, 0.3) is 22.3 Å². The van der Waals surface area contributed by atoms with Crippen LogP contribution in [0.15, 0.2) is 84.9 Å². The summed E-state index contributed by atoms with van der Waals surface area (Å²) >= 11 is 2.07. The SMILES string of the molecule is CC(C)(C)c1cccc(-c2cccc(-c3cccc(C(C)(C)C)c3O)c2C[C](=[Mo])c2ccccc2)c1O. The molecule has 0 saturated carbocycles. The number of rotatable bonds is 5. The minimum atomic E-state index is -0.191. The van der Waals surface area contributed by atoms with Gasteiger partial charge >= 0.3 is 233 Å². The van der Waals surface area contributed by atoms with Crippen LogP contribution in [0.5, 0.6) is 11.5 Å². The van der Waals surface area contributed by atoms with Gasteiger partial charge in [0.25, 0.3) is 0 Å². The van der Waals surface area contributed by atoms with Crippen molar-refractivity contribution in [1.82, 2.24) is 0 Å². The summed E-state index contributed by atoms with van der Waals surface area (Å²) in [5.74, 6) is 0.638. The second-order valence-electron chi connectivity index (χ2n) is 11.7. The number of hydrogen-bond acceptors (Lipinski definition) is 2. The van der Waals surface area contributed by atoms with Crippen molar-refractivity contribution >= 4 is 3.90 Å². The summed E-state index contributed by atoms with van der Waals surface area (Å²) < 4.78 is 1.24. The summed E-state index contributed by atoms with van der Waals surface area (Å²) in [6.07, 6.45) is 0.693. The number of benzene rings is 4. The number of hydrogen-bond donors (Lipinski definition) is 2. The van der Waals surface area contributed by atoms with E-state index in [0.29, 0.717) is 17.9 Å². The van der Waals surface area contributed by atoms with E-state index in [9.17, 15) is 10.2 Å². The van der Waals surface area contributed by atoms with Crippen molar-refractivity contribution in [2.45, 2.75) is 58.8 Å². The summed E-state index contributed by atoms with van der Waals surface area (Å²) in [6.45, 7) is 12.7. The van der Waals surface area contributed by atoms with Crippen LogP contribution in [0, 0.1) is 0 Å². The Morgan fingerprint density at radius 2 is 0.973 bits per heavy atom. The van der Waals surface area contributed by atoms with Gasteiger partial charge in [0.05, 0.1) is 0 Å². The molecule has 0 atom stereocenters. The Hall–Kier alpha value is -2.96. The third kappa shape index (κ3) is 5.65. The Kier molecular flexibility index (Phi) is 7.63. The first-order valence-electron chi connectivity index (χ1n) is 12.8. The molecular formula is C34H36MoO2. The molecule has 0 radical (unpaired) electrons. The van der Waals surface area contributed by atoms with Crippen molar-refractivity contribution in [1.29, 1.82) is 0 Å². The molecule has 0 amide bonds. The van der Waals surface area contributed by atoms with Crippen LogP contribution in [0.3, 0.4) is 0 Å². The van der Waals surface area contributed by atoms with Crippen molar-refractivity contribution in [3.63, 3.8) is 0 Å². The van der Waals surface area contributed by atoms with Crippen LogP contribution < -0.4 is 0 Å². The summed E-state index contributed by atoms with van der Waals surface area (Å²) in [7, 11) is 0. The van der Waals surface area contributed by atoms with Gasteiger partial charge in [0.1, 0.15) is 0 Å². The van der Waals surface area contributed by atoms with Crippen molar-refractivity contribution in [3.8, 4) is 33.8 Å². The second-order valence-corrected chi connectivity index (χ2v) is 12.9. The monoisotopic (exact) mass is 574 g/mol. The molecule has 0 unspecified atom stereocenters. The van der Waals surface area contributed by atoms with Gasteiger partial charge in [0.15, 0.2) is 0 Å². The topological polar surface area (TPSA) is 40.5 Å². The molecule has 4 aromatic carbocycles. The molecule has 0 bridgehead atoms. The Balaban J connectivity index is 1.99. The van der Waals surface area contributed by atoms with Crippen molar-refractivity contribution in [3.05, 3.63) is 107 Å². The maximum atomic E-state index is 11.5. The predicted octanol–water partition coefficient (Wildman–Crippen LogP) is 8.34.